The summed E-state index contributed by atoms with van der Waals surface area (Å²) in [6, 6.07) is 12.3. The van der Waals surface area contributed by atoms with Crippen molar-refractivity contribution in [3.8, 4) is 0 Å². The summed E-state index contributed by atoms with van der Waals surface area (Å²) in [5, 5.41) is 7.61. The van der Waals surface area contributed by atoms with Gasteiger partial charge in [0.2, 0.25) is 0 Å². The summed E-state index contributed by atoms with van der Waals surface area (Å²) in [5.74, 6) is 0. The number of para-hydroxylation sites is 1. The third-order valence-corrected chi connectivity index (χ3v) is 4.75. The Balaban J connectivity index is 1.80. The molecule has 2 aromatic carbocycles. The van der Waals surface area contributed by atoms with Crippen LogP contribution in [-0.2, 0) is 13.0 Å². The standard InChI is InChI=1S/C15H14BrClN2/c16-14-12(17)5-2-6-13(14)19-9-11-4-1-3-10-7-8-18-15(10)11/h1-6,18-19H,7-9H2. The monoisotopic (exact) mass is 336 g/mol. The smallest absolute Gasteiger partial charge is 0.0593 e. The highest BCUT2D eigenvalue weighted by molar-refractivity contribution is 9.10. The third-order valence-electron chi connectivity index (χ3n) is 3.35. The Labute approximate surface area is 126 Å². The van der Waals surface area contributed by atoms with Crippen LogP contribution in [0.25, 0.3) is 0 Å². The molecule has 0 saturated carbocycles. The van der Waals surface area contributed by atoms with E-state index in [-0.39, 0.29) is 0 Å². The van der Waals surface area contributed by atoms with Crippen LogP contribution >= 0.6 is 27.5 Å². The van der Waals surface area contributed by atoms with E-state index in [9.17, 15) is 0 Å². The van der Waals surface area contributed by atoms with Crippen LogP contribution in [0.4, 0.5) is 11.4 Å². The molecule has 98 valence electrons. The van der Waals surface area contributed by atoms with Crippen LogP contribution in [0.3, 0.4) is 0 Å². The lowest BCUT2D eigenvalue weighted by Gasteiger charge is -2.12. The lowest BCUT2D eigenvalue weighted by molar-refractivity contribution is 1.11. The van der Waals surface area contributed by atoms with E-state index in [0.29, 0.717) is 0 Å². The SMILES string of the molecule is Clc1cccc(NCc2cccc3c2NCC3)c1Br. The maximum Gasteiger partial charge on any atom is 0.0593 e. The molecular formula is C15H14BrClN2. The van der Waals surface area contributed by atoms with Gasteiger partial charge in [0.15, 0.2) is 0 Å². The number of hydrogen-bond donors (Lipinski definition) is 2. The second-order valence-electron chi connectivity index (χ2n) is 4.58. The summed E-state index contributed by atoms with van der Waals surface area (Å²) in [7, 11) is 0. The molecule has 2 N–H and O–H groups in total. The van der Waals surface area contributed by atoms with E-state index in [1.807, 2.05) is 18.2 Å². The first kappa shape index (κ1) is 12.8. The average Bonchev–Trinajstić information content (AvgIpc) is 2.89. The van der Waals surface area contributed by atoms with E-state index in [1.54, 1.807) is 0 Å². The molecule has 0 unspecified atom stereocenters. The minimum absolute atomic E-state index is 0.724. The van der Waals surface area contributed by atoms with Gasteiger partial charge in [-0.1, -0.05) is 35.9 Å². The first-order chi connectivity index (χ1) is 9.25. The topological polar surface area (TPSA) is 24.1 Å². The molecule has 0 fully saturated rings. The largest absolute Gasteiger partial charge is 0.384 e. The fraction of sp³-hybridized carbons (Fsp3) is 0.200. The summed E-state index contributed by atoms with van der Waals surface area (Å²) >= 11 is 9.60. The van der Waals surface area contributed by atoms with Crippen LogP contribution in [0.15, 0.2) is 40.9 Å². The Morgan fingerprint density at radius 1 is 1.21 bits per heavy atom. The molecule has 0 amide bonds. The normalized spacial score (nSPS) is 12.9. The molecular weight excluding hydrogens is 324 g/mol. The number of anilines is 2. The minimum Gasteiger partial charge on any atom is -0.384 e. The fourth-order valence-electron chi connectivity index (χ4n) is 2.39. The van der Waals surface area contributed by atoms with Crippen molar-refractivity contribution in [2.75, 3.05) is 17.2 Å². The van der Waals surface area contributed by atoms with Gasteiger partial charge in [-0.05, 0) is 45.6 Å². The predicted octanol–water partition coefficient (Wildman–Crippen LogP) is 4.68. The number of fused-ring (bicyclic) bond motifs is 1. The van der Waals surface area contributed by atoms with Crippen molar-refractivity contribution in [3.05, 3.63) is 57.0 Å². The molecule has 0 bridgehead atoms. The summed E-state index contributed by atoms with van der Waals surface area (Å²) in [6.07, 6.45) is 1.12. The highest BCUT2D eigenvalue weighted by atomic mass is 79.9. The van der Waals surface area contributed by atoms with Gasteiger partial charge in [-0.15, -0.1) is 0 Å². The molecule has 2 nitrogen and oxygen atoms in total. The quantitative estimate of drug-likeness (QED) is 0.849. The van der Waals surface area contributed by atoms with Crippen LogP contribution < -0.4 is 10.6 Å². The van der Waals surface area contributed by atoms with E-state index in [2.05, 4.69) is 44.8 Å². The zero-order chi connectivity index (χ0) is 13.2. The molecule has 0 spiro atoms. The van der Waals surface area contributed by atoms with Crippen LogP contribution in [0.1, 0.15) is 11.1 Å². The number of halogens is 2. The molecule has 0 saturated heterocycles. The van der Waals surface area contributed by atoms with E-state index >= 15 is 0 Å². The van der Waals surface area contributed by atoms with Gasteiger partial charge in [-0.25, -0.2) is 0 Å². The maximum atomic E-state index is 6.09. The summed E-state index contributed by atoms with van der Waals surface area (Å²) in [4.78, 5) is 0. The molecule has 2 aromatic rings. The van der Waals surface area contributed by atoms with E-state index < -0.39 is 0 Å². The second-order valence-corrected chi connectivity index (χ2v) is 5.78. The van der Waals surface area contributed by atoms with Crippen molar-refractivity contribution < 1.29 is 0 Å². The highest BCUT2D eigenvalue weighted by Gasteiger charge is 2.13. The van der Waals surface area contributed by atoms with Crippen molar-refractivity contribution in [3.63, 3.8) is 0 Å². The zero-order valence-corrected chi connectivity index (χ0v) is 12.7. The van der Waals surface area contributed by atoms with E-state index in [4.69, 9.17) is 11.6 Å². The van der Waals surface area contributed by atoms with Gasteiger partial charge in [0.1, 0.15) is 0 Å². The van der Waals surface area contributed by atoms with Crippen LogP contribution in [-0.4, -0.2) is 6.54 Å². The van der Waals surface area contributed by atoms with Gasteiger partial charge in [-0.2, -0.15) is 0 Å². The van der Waals surface area contributed by atoms with Crippen LogP contribution in [0, 0.1) is 0 Å². The summed E-state index contributed by atoms with van der Waals surface area (Å²) in [5.41, 5.74) is 5.00. The zero-order valence-electron chi connectivity index (χ0n) is 10.3. The number of benzene rings is 2. The predicted molar refractivity (Wildman–Crippen MR) is 85.1 cm³/mol. The second kappa shape index (κ2) is 5.43. The van der Waals surface area contributed by atoms with Gasteiger partial charge in [-0.3, -0.25) is 0 Å². The first-order valence-electron chi connectivity index (χ1n) is 6.28. The van der Waals surface area contributed by atoms with Gasteiger partial charge in [0.05, 0.1) is 15.2 Å². The molecule has 19 heavy (non-hydrogen) atoms. The van der Waals surface area contributed by atoms with Crippen LogP contribution in [0.2, 0.25) is 5.02 Å². The molecule has 1 heterocycles. The van der Waals surface area contributed by atoms with E-state index in [0.717, 1.165) is 34.7 Å². The van der Waals surface area contributed by atoms with Crippen molar-refractivity contribution in [2.45, 2.75) is 13.0 Å². The lowest BCUT2D eigenvalue weighted by atomic mass is 10.1. The molecule has 0 aromatic heterocycles. The van der Waals surface area contributed by atoms with Crippen molar-refractivity contribution >= 4 is 38.9 Å². The Bertz CT molecular complexity index is 613. The van der Waals surface area contributed by atoms with Crippen molar-refractivity contribution in [1.82, 2.24) is 0 Å². The van der Waals surface area contributed by atoms with Gasteiger partial charge < -0.3 is 10.6 Å². The number of rotatable bonds is 3. The Morgan fingerprint density at radius 2 is 2.05 bits per heavy atom. The molecule has 0 atom stereocenters. The fourth-order valence-corrected chi connectivity index (χ4v) is 2.97. The molecule has 1 aliphatic rings. The number of nitrogens with one attached hydrogen (secondary N) is 2. The Hall–Kier alpha value is -1.19. The Kier molecular flexibility index (Phi) is 3.67. The van der Waals surface area contributed by atoms with Crippen molar-refractivity contribution in [2.24, 2.45) is 0 Å². The average molecular weight is 338 g/mol. The Morgan fingerprint density at radius 3 is 2.95 bits per heavy atom. The first-order valence-corrected chi connectivity index (χ1v) is 7.45. The molecule has 1 aliphatic heterocycles. The highest BCUT2D eigenvalue weighted by Crippen LogP contribution is 2.31. The third kappa shape index (κ3) is 2.58. The maximum absolute atomic E-state index is 6.09. The van der Waals surface area contributed by atoms with Gasteiger partial charge >= 0.3 is 0 Å². The van der Waals surface area contributed by atoms with Crippen LogP contribution in [0.5, 0.6) is 0 Å². The molecule has 0 radical (unpaired) electrons. The van der Waals surface area contributed by atoms with E-state index in [1.165, 1.54) is 16.8 Å². The lowest BCUT2D eigenvalue weighted by Crippen LogP contribution is -2.03. The van der Waals surface area contributed by atoms with Gasteiger partial charge in [0, 0.05) is 18.8 Å². The summed E-state index contributed by atoms with van der Waals surface area (Å²) in [6.45, 7) is 1.82. The summed E-state index contributed by atoms with van der Waals surface area (Å²) < 4.78 is 0.914. The number of hydrogen-bond acceptors (Lipinski definition) is 2. The molecule has 3 rings (SSSR count). The molecule has 4 heteroatoms. The van der Waals surface area contributed by atoms with Crippen molar-refractivity contribution in [1.29, 1.82) is 0 Å². The van der Waals surface area contributed by atoms with Gasteiger partial charge in [0.25, 0.3) is 0 Å². The molecule has 0 aliphatic carbocycles. The minimum atomic E-state index is 0.724.